The van der Waals surface area contributed by atoms with Gasteiger partial charge in [-0.3, -0.25) is 9.78 Å². The van der Waals surface area contributed by atoms with E-state index in [0.717, 1.165) is 10.8 Å². The highest BCUT2D eigenvalue weighted by Gasteiger charge is 2.23. The molecule has 0 fully saturated rings. The first-order chi connectivity index (χ1) is 17.6. The fourth-order valence-electron chi connectivity index (χ4n) is 4.48. The number of benzene rings is 2. The number of fused-ring (bicyclic) bond motifs is 6. The number of likely N-dealkylation sites (N-methyl/N-ethyl adjacent to an activating group) is 1. The topological polar surface area (TPSA) is 101 Å². The Bertz CT molecular complexity index is 1600. The molecule has 5 rings (SSSR count). The number of methoxy groups -OCH3 is 2. The van der Waals surface area contributed by atoms with Crippen LogP contribution >= 0.6 is 0 Å². The zero-order chi connectivity index (χ0) is 26.5. The summed E-state index contributed by atoms with van der Waals surface area (Å²) in [5.74, 6) is 2.13. The number of pyridine rings is 2. The van der Waals surface area contributed by atoms with Crippen LogP contribution in [0.15, 0.2) is 35.3 Å². The van der Waals surface area contributed by atoms with Crippen molar-refractivity contribution in [2.75, 3.05) is 34.6 Å². The van der Waals surface area contributed by atoms with E-state index in [2.05, 4.69) is 4.98 Å². The van der Waals surface area contributed by atoms with Crippen molar-refractivity contribution in [1.82, 2.24) is 14.5 Å². The number of hydrogen-bond donors (Lipinski definition) is 0. The first-order valence-corrected chi connectivity index (χ1v) is 11.9. The molecule has 0 aliphatic carbocycles. The molecule has 194 valence electrons. The number of carbonyl (C=O) groups is 1. The van der Waals surface area contributed by atoms with E-state index in [1.165, 1.54) is 12.0 Å². The van der Waals surface area contributed by atoms with Gasteiger partial charge in [0.1, 0.15) is 5.60 Å². The summed E-state index contributed by atoms with van der Waals surface area (Å²) in [7, 11) is 4.72. The molecule has 0 saturated carbocycles. The number of hydrogen-bond acceptors (Lipinski definition) is 8. The van der Waals surface area contributed by atoms with Gasteiger partial charge in [0.2, 0.25) is 6.79 Å². The van der Waals surface area contributed by atoms with E-state index in [1.807, 2.05) is 26.8 Å². The van der Waals surface area contributed by atoms with Crippen LogP contribution in [0.1, 0.15) is 20.8 Å². The van der Waals surface area contributed by atoms with Crippen molar-refractivity contribution < 1.29 is 28.5 Å². The molecule has 2 aromatic carbocycles. The monoisotopic (exact) mass is 507 g/mol. The number of carbonyl (C=O) groups excluding carboxylic acids is 1. The van der Waals surface area contributed by atoms with Gasteiger partial charge in [-0.15, -0.1) is 0 Å². The zero-order valence-electron chi connectivity index (χ0n) is 21.7. The van der Waals surface area contributed by atoms with Crippen molar-refractivity contribution in [1.29, 1.82) is 0 Å². The van der Waals surface area contributed by atoms with Crippen molar-refractivity contribution in [3.8, 4) is 23.0 Å². The summed E-state index contributed by atoms with van der Waals surface area (Å²) in [6, 6.07) is 7.11. The van der Waals surface area contributed by atoms with Crippen molar-refractivity contribution in [2.45, 2.75) is 32.9 Å². The minimum Gasteiger partial charge on any atom is -0.493 e. The molecule has 1 aliphatic rings. The standard InChI is InChI=1S/C27H29N3O7/c1-27(2,3)37-26(32)29(4)7-8-30-24-17-11-22-23(36-14-35-22)12-19(17)28-13-18(24)15-9-20(33-5)21(34-6)10-16(15)25(30)31/h9-13H,7-8,14H2,1-6H3. The van der Waals surface area contributed by atoms with E-state index in [0.29, 0.717) is 44.8 Å². The summed E-state index contributed by atoms with van der Waals surface area (Å²) in [4.78, 5) is 32.7. The SMILES string of the molecule is COc1cc2c(=O)n(CCN(C)C(=O)OC(C)(C)C)c3c4cc5c(cc4ncc3c2cc1OC)OCO5. The van der Waals surface area contributed by atoms with Crippen LogP contribution in [0, 0.1) is 0 Å². The summed E-state index contributed by atoms with van der Waals surface area (Å²) in [5, 5.41) is 2.62. The Hall–Kier alpha value is -4.21. The van der Waals surface area contributed by atoms with Gasteiger partial charge in [-0.25, -0.2) is 4.79 Å². The van der Waals surface area contributed by atoms with E-state index in [1.54, 1.807) is 43.1 Å². The van der Waals surface area contributed by atoms with Crippen molar-refractivity contribution in [3.63, 3.8) is 0 Å². The summed E-state index contributed by atoms with van der Waals surface area (Å²) >= 11 is 0. The highest BCUT2D eigenvalue weighted by atomic mass is 16.7. The van der Waals surface area contributed by atoms with Gasteiger partial charge in [-0.2, -0.15) is 0 Å². The maximum atomic E-state index is 14.0. The van der Waals surface area contributed by atoms with Gasteiger partial charge in [-0.05, 0) is 39.0 Å². The lowest BCUT2D eigenvalue weighted by molar-refractivity contribution is 0.0293. The molecule has 10 nitrogen and oxygen atoms in total. The van der Waals surface area contributed by atoms with Crippen molar-refractivity contribution in [2.24, 2.45) is 0 Å². The molecule has 0 bridgehead atoms. The number of nitrogens with zero attached hydrogens (tertiary/aromatic N) is 3. The molecule has 3 heterocycles. The van der Waals surface area contributed by atoms with Gasteiger partial charge in [0.15, 0.2) is 23.0 Å². The maximum Gasteiger partial charge on any atom is 0.410 e. The molecule has 0 radical (unpaired) electrons. The molecule has 4 aromatic rings. The maximum absolute atomic E-state index is 14.0. The molecule has 0 atom stereocenters. The average Bonchev–Trinajstić information content (AvgIpc) is 3.32. The molecule has 0 N–H and O–H groups in total. The number of ether oxygens (including phenoxy) is 5. The number of aromatic nitrogens is 2. The fourth-order valence-corrected chi connectivity index (χ4v) is 4.48. The molecule has 1 amide bonds. The third kappa shape index (κ3) is 4.32. The van der Waals surface area contributed by atoms with Gasteiger partial charge in [0.05, 0.1) is 30.6 Å². The first-order valence-electron chi connectivity index (χ1n) is 11.9. The normalized spacial score (nSPS) is 12.8. The van der Waals surface area contributed by atoms with Crippen LogP contribution in [0.25, 0.3) is 32.6 Å². The predicted molar refractivity (Wildman–Crippen MR) is 139 cm³/mol. The molecular weight excluding hydrogens is 478 g/mol. The third-order valence-electron chi connectivity index (χ3n) is 6.26. The number of amides is 1. The average molecular weight is 508 g/mol. The Morgan fingerprint density at radius 3 is 2.30 bits per heavy atom. The third-order valence-corrected chi connectivity index (χ3v) is 6.26. The van der Waals surface area contributed by atoms with E-state index >= 15 is 0 Å². The molecule has 1 aliphatic heterocycles. The minimum absolute atomic E-state index is 0.122. The second kappa shape index (κ2) is 9.02. The summed E-state index contributed by atoms with van der Waals surface area (Å²) in [6.45, 7) is 6.03. The van der Waals surface area contributed by atoms with Gasteiger partial charge < -0.3 is 33.2 Å². The van der Waals surface area contributed by atoms with E-state index in [4.69, 9.17) is 23.7 Å². The second-order valence-electron chi connectivity index (χ2n) is 9.85. The van der Waals surface area contributed by atoms with E-state index in [-0.39, 0.29) is 25.4 Å². The summed E-state index contributed by atoms with van der Waals surface area (Å²) < 4.78 is 29.2. The van der Waals surface area contributed by atoms with Gasteiger partial charge >= 0.3 is 6.09 Å². The van der Waals surface area contributed by atoms with Crippen LogP contribution in [-0.4, -0.2) is 60.8 Å². The highest BCUT2D eigenvalue weighted by Crippen LogP contribution is 2.40. The lowest BCUT2D eigenvalue weighted by Gasteiger charge is -2.25. The fraction of sp³-hybridized carbons (Fsp3) is 0.370. The van der Waals surface area contributed by atoms with E-state index in [9.17, 15) is 9.59 Å². The molecule has 0 saturated heterocycles. The van der Waals surface area contributed by atoms with Crippen LogP contribution in [0.5, 0.6) is 23.0 Å². The lowest BCUT2D eigenvalue weighted by Crippen LogP contribution is -2.37. The quantitative estimate of drug-likeness (QED) is 0.368. The predicted octanol–water partition coefficient (Wildman–Crippen LogP) is 4.32. The molecule has 0 spiro atoms. The smallest absolute Gasteiger partial charge is 0.410 e. The molecular formula is C27H29N3O7. The summed E-state index contributed by atoms with van der Waals surface area (Å²) in [5.41, 5.74) is 0.472. The molecule has 10 heteroatoms. The van der Waals surface area contributed by atoms with Gasteiger partial charge in [0, 0.05) is 48.6 Å². The minimum atomic E-state index is -0.627. The Kier molecular flexibility index (Phi) is 5.97. The van der Waals surface area contributed by atoms with Gasteiger partial charge in [0.25, 0.3) is 5.56 Å². The number of rotatable bonds is 5. The van der Waals surface area contributed by atoms with Crippen molar-refractivity contribution >= 4 is 38.7 Å². The zero-order valence-corrected chi connectivity index (χ0v) is 21.7. The Morgan fingerprint density at radius 2 is 1.65 bits per heavy atom. The Morgan fingerprint density at radius 1 is 1.00 bits per heavy atom. The molecule has 0 unspecified atom stereocenters. The largest absolute Gasteiger partial charge is 0.493 e. The second-order valence-corrected chi connectivity index (χ2v) is 9.85. The van der Waals surface area contributed by atoms with Crippen LogP contribution in [0.4, 0.5) is 4.79 Å². The Balaban J connectivity index is 1.74. The summed E-state index contributed by atoms with van der Waals surface area (Å²) in [6.07, 6.45) is 1.27. The van der Waals surface area contributed by atoms with Crippen LogP contribution in [0.2, 0.25) is 0 Å². The first kappa shape index (κ1) is 24.5. The van der Waals surface area contributed by atoms with Gasteiger partial charge in [-0.1, -0.05) is 0 Å². The van der Waals surface area contributed by atoms with Crippen LogP contribution < -0.4 is 24.5 Å². The van der Waals surface area contributed by atoms with Crippen LogP contribution in [0.3, 0.4) is 0 Å². The highest BCUT2D eigenvalue weighted by molar-refractivity contribution is 6.15. The molecule has 37 heavy (non-hydrogen) atoms. The Labute approximate surface area is 213 Å². The van der Waals surface area contributed by atoms with Crippen LogP contribution in [-0.2, 0) is 11.3 Å². The molecule has 2 aromatic heterocycles. The van der Waals surface area contributed by atoms with Crippen molar-refractivity contribution in [3.05, 3.63) is 40.8 Å². The lowest BCUT2D eigenvalue weighted by atomic mass is 10.0. The van der Waals surface area contributed by atoms with E-state index < -0.39 is 11.7 Å².